The van der Waals surface area contributed by atoms with Crippen LogP contribution in [0.2, 0.25) is 0 Å². The second kappa shape index (κ2) is 7.48. The van der Waals surface area contributed by atoms with E-state index in [1.165, 1.54) is 11.3 Å². The summed E-state index contributed by atoms with van der Waals surface area (Å²) in [6.45, 7) is 3.44. The van der Waals surface area contributed by atoms with Gasteiger partial charge in [-0.05, 0) is 33.1 Å². The van der Waals surface area contributed by atoms with Gasteiger partial charge in [0.25, 0.3) is 0 Å². The number of hydrogen-bond acceptors (Lipinski definition) is 6. The number of aryl methyl sites for hydroxylation is 1. The molecule has 2 N–H and O–H groups in total. The highest BCUT2D eigenvalue weighted by Gasteiger charge is 2.42. The van der Waals surface area contributed by atoms with Gasteiger partial charge in [-0.25, -0.2) is 15.0 Å². The zero-order chi connectivity index (χ0) is 18.9. The number of rotatable bonds is 4. The Labute approximate surface area is 153 Å². The van der Waals surface area contributed by atoms with E-state index in [2.05, 4.69) is 20.3 Å². The van der Waals surface area contributed by atoms with Gasteiger partial charge >= 0.3 is 6.18 Å². The van der Waals surface area contributed by atoms with Crippen LogP contribution in [0.4, 0.5) is 19.0 Å². The summed E-state index contributed by atoms with van der Waals surface area (Å²) in [5, 5.41) is 15.5. The maximum absolute atomic E-state index is 13.0. The molecule has 9 heteroatoms. The number of aliphatic hydroxyl groups excluding tert-OH is 1. The molecule has 2 aromatic rings. The first-order valence-electron chi connectivity index (χ1n) is 8.55. The van der Waals surface area contributed by atoms with Crippen molar-refractivity contribution in [2.24, 2.45) is 5.92 Å². The molecule has 2 aromatic heterocycles. The topological polar surface area (TPSA) is 70.9 Å². The van der Waals surface area contributed by atoms with Gasteiger partial charge in [0.15, 0.2) is 10.8 Å². The number of nitrogens with zero attached hydrogens (tertiary/aromatic N) is 3. The maximum Gasteiger partial charge on any atom is 0.391 e. The lowest BCUT2D eigenvalue weighted by Crippen LogP contribution is -2.34. The molecule has 5 nitrogen and oxygen atoms in total. The van der Waals surface area contributed by atoms with Crippen molar-refractivity contribution in [2.75, 3.05) is 5.32 Å². The molecule has 0 amide bonds. The quantitative estimate of drug-likeness (QED) is 0.810. The predicted molar refractivity (Wildman–Crippen MR) is 93.9 cm³/mol. The summed E-state index contributed by atoms with van der Waals surface area (Å²) in [5.41, 5.74) is 1.25. The van der Waals surface area contributed by atoms with Crippen LogP contribution in [-0.2, 0) is 0 Å². The van der Waals surface area contributed by atoms with E-state index in [4.69, 9.17) is 0 Å². The van der Waals surface area contributed by atoms with E-state index in [0.29, 0.717) is 35.2 Å². The minimum absolute atomic E-state index is 0.0310. The summed E-state index contributed by atoms with van der Waals surface area (Å²) in [7, 11) is 0. The highest BCUT2D eigenvalue weighted by atomic mass is 32.1. The standard InChI is InChI=1S/C17H21F3N4OS/c1-9-8-26-16(21-9)15-23-13(10(2)25)7-14(24-15)22-12-5-3-4-11(6-12)17(18,19)20/h7-8,10-12,25H,3-6H2,1-2H3,(H,22,23,24). The van der Waals surface area contributed by atoms with Crippen LogP contribution >= 0.6 is 11.3 Å². The van der Waals surface area contributed by atoms with E-state index < -0.39 is 18.2 Å². The fourth-order valence-corrected chi connectivity index (χ4v) is 3.86. The molecule has 3 rings (SSSR count). The number of alkyl halides is 3. The van der Waals surface area contributed by atoms with E-state index in [0.717, 1.165) is 5.69 Å². The fraction of sp³-hybridized carbons (Fsp3) is 0.588. The first-order valence-corrected chi connectivity index (χ1v) is 9.43. The normalized spacial score (nSPS) is 22.2. The minimum atomic E-state index is -4.17. The van der Waals surface area contributed by atoms with E-state index in [-0.39, 0.29) is 18.9 Å². The third kappa shape index (κ3) is 4.50. The van der Waals surface area contributed by atoms with Crippen LogP contribution in [-0.4, -0.2) is 32.3 Å². The summed E-state index contributed by atoms with van der Waals surface area (Å²) < 4.78 is 39.1. The Balaban J connectivity index is 1.84. The van der Waals surface area contributed by atoms with Gasteiger partial charge in [0.2, 0.25) is 0 Å². The first-order chi connectivity index (χ1) is 12.2. The van der Waals surface area contributed by atoms with Gasteiger partial charge in [-0.1, -0.05) is 6.42 Å². The molecule has 1 fully saturated rings. The highest BCUT2D eigenvalue weighted by Crippen LogP contribution is 2.38. The first kappa shape index (κ1) is 19.0. The average Bonchev–Trinajstić information content (AvgIpc) is 3.00. The van der Waals surface area contributed by atoms with Gasteiger partial charge in [0.05, 0.1) is 17.7 Å². The van der Waals surface area contributed by atoms with E-state index in [1.807, 2.05) is 12.3 Å². The van der Waals surface area contributed by atoms with Crippen molar-refractivity contribution in [3.63, 3.8) is 0 Å². The van der Waals surface area contributed by atoms with Crippen molar-refractivity contribution >= 4 is 17.2 Å². The Morgan fingerprint density at radius 1 is 1.27 bits per heavy atom. The number of halogens is 3. The van der Waals surface area contributed by atoms with Gasteiger partial charge < -0.3 is 10.4 Å². The molecular formula is C17H21F3N4OS. The highest BCUT2D eigenvalue weighted by molar-refractivity contribution is 7.13. The van der Waals surface area contributed by atoms with Crippen LogP contribution in [0.15, 0.2) is 11.4 Å². The molecule has 0 radical (unpaired) electrons. The Hall–Kier alpha value is -1.74. The molecule has 3 unspecified atom stereocenters. The Morgan fingerprint density at radius 2 is 2.04 bits per heavy atom. The zero-order valence-corrected chi connectivity index (χ0v) is 15.4. The van der Waals surface area contributed by atoms with Crippen LogP contribution in [0.3, 0.4) is 0 Å². The Bertz CT molecular complexity index is 763. The third-order valence-electron chi connectivity index (χ3n) is 4.47. The summed E-state index contributed by atoms with van der Waals surface area (Å²) >= 11 is 1.39. The molecule has 2 heterocycles. The van der Waals surface area contributed by atoms with Crippen LogP contribution in [0.5, 0.6) is 0 Å². The maximum atomic E-state index is 13.0. The molecule has 0 saturated heterocycles. The molecule has 1 aliphatic carbocycles. The monoisotopic (exact) mass is 386 g/mol. The number of thiazole rings is 1. The van der Waals surface area contributed by atoms with Crippen molar-refractivity contribution in [3.8, 4) is 10.8 Å². The minimum Gasteiger partial charge on any atom is -0.387 e. The number of hydrogen-bond donors (Lipinski definition) is 2. The van der Waals surface area contributed by atoms with Crippen molar-refractivity contribution in [1.29, 1.82) is 0 Å². The predicted octanol–water partition coefficient (Wildman–Crippen LogP) is 4.49. The lowest BCUT2D eigenvalue weighted by atomic mass is 9.85. The molecule has 0 aromatic carbocycles. The summed E-state index contributed by atoms with van der Waals surface area (Å²) in [5.74, 6) is -0.494. The van der Waals surface area contributed by atoms with Gasteiger partial charge in [-0.15, -0.1) is 11.3 Å². The molecule has 142 valence electrons. The summed E-state index contributed by atoms with van der Waals surface area (Å²) in [6.07, 6.45) is -3.59. The number of nitrogens with one attached hydrogen (secondary N) is 1. The second-order valence-corrected chi connectivity index (χ2v) is 7.58. The lowest BCUT2D eigenvalue weighted by Gasteiger charge is -2.31. The molecule has 26 heavy (non-hydrogen) atoms. The molecule has 0 bridgehead atoms. The van der Waals surface area contributed by atoms with Gasteiger partial charge in [0, 0.05) is 23.2 Å². The molecule has 1 aliphatic rings. The Morgan fingerprint density at radius 3 is 2.65 bits per heavy atom. The van der Waals surface area contributed by atoms with Crippen molar-refractivity contribution in [3.05, 3.63) is 22.8 Å². The molecule has 0 spiro atoms. The van der Waals surface area contributed by atoms with Crippen LogP contribution in [0, 0.1) is 12.8 Å². The lowest BCUT2D eigenvalue weighted by molar-refractivity contribution is -0.182. The van der Waals surface area contributed by atoms with Crippen LogP contribution in [0.1, 0.15) is 50.1 Å². The molecule has 1 saturated carbocycles. The molecular weight excluding hydrogens is 365 g/mol. The summed E-state index contributed by atoms with van der Waals surface area (Å²) in [6, 6.07) is 1.28. The fourth-order valence-electron chi connectivity index (χ4n) is 3.13. The van der Waals surface area contributed by atoms with Crippen LogP contribution in [0.25, 0.3) is 10.8 Å². The molecule has 0 aliphatic heterocycles. The number of aliphatic hydroxyl groups is 1. The van der Waals surface area contributed by atoms with Gasteiger partial charge in [0.1, 0.15) is 5.82 Å². The zero-order valence-electron chi connectivity index (χ0n) is 14.5. The third-order valence-corrected chi connectivity index (χ3v) is 5.43. The SMILES string of the molecule is Cc1csc(-c2nc(NC3CCCC(C(F)(F)F)C3)cc(C(C)O)n2)n1. The van der Waals surface area contributed by atoms with Crippen molar-refractivity contribution < 1.29 is 18.3 Å². The number of aromatic nitrogens is 3. The second-order valence-electron chi connectivity index (χ2n) is 6.72. The van der Waals surface area contributed by atoms with E-state index >= 15 is 0 Å². The van der Waals surface area contributed by atoms with Gasteiger partial charge in [-0.2, -0.15) is 13.2 Å². The van der Waals surface area contributed by atoms with E-state index in [9.17, 15) is 18.3 Å². The number of anilines is 1. The molecule has 3 atom stereocenters. The van der Waals surface area contributed by atoms with Crippen LogP contribution < -0.4 is 5.32 Å². The van der Waals surface area contributed by atoms with E-state index in [1.54, 1.807) is 13.0 Å². The smallest absolute Gasteiger partial charge is 0.387 e. The van der Waals surface area contributed by atoms with Crippen molar-refractivity contribution in [2.45, 2.75) is 57.9 Å². The average molecular weight is 386 g/mol. The largest absolute Gasteiger partial charge is 0.391 e. The summed E-state index contributed by atoms with van der Waals surface area (Å²) in [4.78, 5) is 13.1. The Kier molecular flexibility index (Phi) is 5.47. The van der Waals surface area contributed by atoms with Gasteiger partial charge in [-0.3, -0.25) is 0 Å². The van der Waals surface area contributed by atoms with Crippen molar-refractivity contribution in [1.82, 2.24) is 15.0 Å².